The fourth-order valence-electron chi connectivity index (χ4n) is 3.57. The number of carbonyl (C=O) groups excluding carboxylic acids is 1. The van der Waals surface area contributed by atoms with E-state index in [1.54, 1.807) is 20.8 Å². The second-order valence-electron chi connectivity index (χ2n) is 7.64. The number of H-pyrrole nitrogens is 1. The van der Waals surface area contributed by atoms with Crippen molar-refractivity contribution in [3.8, 4) is 0 Å². The lowest BCUT2D eigenvalue weighted by Crippen LogP contribution is -2.31. The Morgan fingerprint density at radius 1 is 1.03 bits per heavy atom. The molecule has 0 atom stereocenters. The zero-order chi connectivity index (χ0) is 23.5. The zero-order valence-corrected chi connectivity index (χ0v) is 19.4. The highest BCUT2D eigenvalue weighted by Crippen LogP contribution is 2.26. The average molecular weight is 459 g/mol. The maximum absolute atomic E-state index is 14.4. The Bertz CT molecular complexity index is 1220. The van der Waals surface area contributed by atoms with Gasteiger partial charge in [-0.1, -0.05) is 42.0 Å². The Kier molecular flexibility index (Phi) is 7.16. The Labute approximate surface area is 188 Å². The molecule has 0 spiro atoms. The van der Waals surface area contributed by atoms with Gasteiger partial charge in [-0.2, -0.15) is 4.31 Å². The van der Waals surface area contributed by atoms with Crippen molar-refractivity contribution < 1.29 is 22.3 Å². The molecular weight excluding hydrogens is 431 g/mol. The van der Waals surface area contributed by atoms with Gasteiger partial charge in [0.2, 0.25) is 10.0 Å². The first-order valence-corrected chi connectivity index (χ1v) is 11.7. The van der Waals surface area contributed by atoms with Gasteiger partial charge in [0.05, 0.1) is 18.7 Å². The number of esters is 1. The van der Waals surface area contributed by atoms with E-state index in [2.05, 4.69) is 4.98 Å². The Morgan fingerprint density at radius 3 is 2.31 bits per heavy atom. The van der Waals surface area contributed by atoms with Crippen LogP contribution < -0.4 is 0 Å². The van der Waals surface area contributed by atoms with Crippen LogP contribution in [0.5, 0.6) is 0 Å². The number of benzene rings is 2. The van der Waals surface area contributed by atoms with Crippen molar-refractivity contribution in [3.05, 3.63) is 88.0 Å². The number of aromatic nitrogens is 1. The first-order chi connectivity index (χ1) is 15.1. The molecule has 0 amide bonds. The molecule has 1 N–H and O–H groups in total. The Hall–Kier alpha value is -2.97. The van der Waals surface area contributed by atoms with Gasteiger partial charge in [0, 0.05) is 17.9 Å². The predicted molar refractivity (Wildman–Crippen MR) is 120 cm³/mol. The third kappa shape index (κ3) is 4.92. The molecule has 1 aromatic heterocycles. The van der Waals surface area contributed by atoms with Crippen LogP contribution in [-0.2, 0) is 27.8 Å². The predicted octanol–water partition coefficient (Wildman–Crippen LogP) is 4.65. The van der Waals surface area contributed by atoms with Gasteiger partial charge in [-0.25, -0.2) is 17.6 Å². The van der Waals surface area contributed by atoms with Crippen molar-refractivity contribution in [2.24, 2.45) is 0 Å². The van der Waals surface area contributed by atoms with Crippen molar-refractivity contribution >= 4 is 16.0 Å². The number of ether oxygens (including phenoxy) is 1. The zero-order valence-electron chi connectivity index (χ0n) is 18.6. The quantitative estimate of drug-likeness (QED) is 0.499. The maximum atomic E-state index is 14.4. The first kappa shape index (κ1) is 23.7. The molecule has 6 nitrogen and oxygen atoms in total. The molecule has 3 rings (SSSR count). The molecule has 0 bridgehead atoms. The number of hydrogen-bond donors (Lipinski definition) is 1. The number of aromatic amines is 1. The lowest BCUT2D eigenvalue weighted by atomic mass is 10.1. The van der Waals surface area contributed by atoms with E-state index in [0.717, 1.165) is 17.2 Å². The minimum absolute atomic E-state index is 0.0448. The van der Waals surface area contributed by atoms with Crippen LogP contribution in [0.2, 0.25) is 0 Å². The molecule has 0 saturated carbocycles. The van der Waals surface area contributed by atoms with Crippen LogP contribution >= 0.6 is 0 Å². The van der Waals surface area contributed by atoms with E-state index in [9.17, 15) is 17.6 Å². The van der Waals surface area contributed by atoms with E-state index in [-0.39, 0.29) is 19.7 Å². The van der Waals surface area contributed by atoms with Crippen LogP contribution in [0.1, 0.15) is 45.4 Å². The highest BCUT2D eigenvalue weighted by atomic mass is 32.2. The Balaban J connectivity index is 2.04. The largest absolute Gasteiger partial charge is 0.462 e. The van der Waals surface area contributed by atoms with Gasteiger partial charge in [-0.15, -0.1) is 0 Å². The molecule has 8 heteroatoms. The fraction of sp³-hybridized carbons (Fsp3) is 0.292. The van der Waals surface area contributed by atoms with Crippen molar-refractivity contribution in [1.29, 1.82) is 0 Å². The van der Waals surface area contributed by atoms with E-state index in [1.165, 1.54) is 22.5 Å². The number of nitrogens with one attached hydrogen (secondary N) is 1. The molecule has 2 aromatic carbocycles. The lowest BCUT2D eigenvalue weighted by Gasteiger charge is -2.23. The number of nitrogens with zero attached hydrogens (tertiary/aromatic N) is 1. The summed E-state index contributed by atoms with van der Waals surface area (Å²) in [6, 6.07) is 12.8. The van der Waals surface area contributed by atoms with Crippen LogP contribution in [0.15, 0.2) is 53.4 Å². The SMILES string of the molecule is CCOC(=O)c1c(C)[nH]c(CN(Cc2ccc(C)cc2)S(=O)(=O)c2ccccc2F)c1C. The van der Waals surface area contributed by atoms with Crippen molar-refractivity contribution in [2.45, 2.75) is 45.7 Å². The van der Waals surface area contributed by atoms with Gasteiger partial charge in [-0.05, 0) is 51.0 Å². The highest BCUT2D eigenvalue weighted by molar-refractivity contribution is 7.89. The number of hydrogen-bond acceptors (Lipinski definition) is 4. The molecule has 0 aliphatic carbocycles. The summed E-state index contributed by atoms with van der Waals surface area (Å²) in [5, 5.41) is 0. The summed E-state index contributed by atoms with van der Waals surface area (Å²) in [6.07, 6.45) is 0. The third-order valence-corrected chi connectivity index (χ3v) is 7.11. The van der Waals surface area contributed by atoms with Gasteiger partial charge >= 0.3 is 5.97 Å². The molecule has 0 aliphatic heterocycles. The molecule has 0 fully saturated rings. The smallest absolute Gasteiger partial charge is 0.340 e. The van der Waals surface area contributed by atoms with Gasteiger partial charge in [-0.3, -0.25) is 0 Å². The van der Waals surface area contributed by atoms with Crippen LogP contribution in [0.3, 0.4) is 0 Å². The average Bonchev–Trinajstić information content (AvgIpc) is 3.02. The fourth-order valence-corrected chi connectivity index (χ4v) is 5.04. The summed E-state index contributed by atoms with van der Waals surface area (Å²) < 4.78 is 47.7. The molecular formula is C24H27FN2O4S. The van der Waals surface area contributed by atoms with E-state index in [0.29, 0.717) is 22.5 Å². The number of carbonyl (C=O) groups is 1. The van der Waals surface area contributed by atoms with Gasteiger partial charge < -0.3 is 9.72 Å². The molecule has 0 radical (unpaired) electrons. The van der Waals surface area contributed by atoms with Crippen molar-refractivity contribution in [3.63, 3.8) is 0 Å². The summed E-state index contributed by atoms with van der Waals surface area (Å²) in [7, 11) is -4.17. The van der Waals surface area contributed by atoms with Crippen LogP contribution in [0.25, 0.3) is 0 Å². The van der Waals surface area contributed by atoms with E-state index in [4.69, 9.17) is 4.74 Å². The minimum Gasteiger partial charge on any atom is -0.462 e. The topological polar surface area (TPSA) is 79.5 Å². The molecule has 0 saturated heterocycles. The lowest BCUT2D eigenvalue weighted by molar-refractivity contribution is 0.0525. The van der Waals surface area contributed by atoms with E-state index in [1.807, 2.05) is 31.2 Å². The summed E-state index contributed by atoms with van der Waals surface area (Å²) in [5.74, 6) is -1.28. The first-order valence-electron chi connectivity index (χ1n) is 10.3. The third-order valence-electron chi connectivity index (χ3n) is 5.29. The second-order valence-corrected chi connectivity index (χ2v) is 9.54. The monoisotopic (exact) mass is 458 g/mol. The van der Waals surface area contributed by atoms with Gasteiger partial charge in [0.1, 0.15) is 10.7 Å². The minimum atomic E-state index is -4.17. The normalized spacial score (nSPS) is 11.7. The maximum Gasteiger partial charge on any atom is 0.340 e. The summed E-state index contributed by atoms with van der Waals surface area (Å²) in [6.45, 7) is 7.36. The molecule has 170 valence electrons. The van der Waals surface area contributed by atoms with Crippen LogP contribution in [0.4, 0.5) is 4.39 Å². The van der Waals surface area contributed by atoms with Crippen LogP contribution in [0, 0.1) is 26.6 Å². The molecule has 0 aliphatic rings. The van der Waals surface area contributed by atoms with Crippen LogP contribution in [-0.4, -0.2) is 30.3 Å². The van der Waals surface area contributed by atoms with E-state index < -0.39 is 26.7 Å². The Morgan fingerprint density at radius 2 is 1.69 bits per heavy atom. The van der Waals surface area contributed by atoms with Crippen molar-refractivity contribution in [2.75, 3.05) is 6.61 Å². The van der Waals surface area contributed by atoms with Gasteiger partial charge in [0.25, 0.3) is 0 Å². The summed E-state index contributed by atoms with van der Waals surface area (Å²) in [5.41, 5.74) is 3.96. The summed E-state index contributed by atoms with van der Waals surface area (Å²) in [4.78, 5) is 15.1. The summed E-state index contributed by atoms with van der Waals surface area (Å²) >= 11 is 0. The molecule has 1 heterocycles. The number of sulfonamides is 1. The molecule has 0 unspecified atom stereocenters. The highest BCUT2D eigenvalue weighted by Gasteiger charge is 2.30. The number of rotatable bonds is 8. The van der Waals surface area contributed by atoms with E-state index >= 15 is 0 Å². The standard InChI is InChI=1S/C24H27FN2O4S/c1-5-31-24(28)23-17(3)21(26-18(23)4)15-27(14-19-12-10-16(2)11-13-19)32(29,30)22-9-7-6-8-20(22)25/h6-13,26H,5,14-15H2,1-4H3. The molecule has 32 heavy (non-hydrogen) atoms. The second kappa shape index (κ2) is 9.67. The van der Waals surface area contributed by atoms with Gasteiger partial charge in [0.15, 0.2) is 0 Å². The van der Waals surface area contributed by atoms with Crippen molar-refractivity contribution in [1.82, 2.24) is 9.29 Å². The number of halogens is 1. The molecule has 3 aromatic rings. The number of aryl methyl sites for hydroxylation is 2.